The molecule has 0 radical (unpaired) electrons. The van der Waals surface area contributed by atoms with Gasteiger partial charge in [0.25, 0.3) is 5.91 Å². The van der Waals surface area contributed by atoms with Crippen molar-refractivity contribution in [2.24, 2.45) is 0 Å². The van der Waals surface area contributed by atoms with E-state index in [1.54, 1.807) is 18.2 Å². The zero-order valence-electron chi connectivity index (χ0n) is 10.2. The number of carbonyl (C=O) groups excluding carboxylic acids is 1. The Bertz CT molecular complexity index is 451. The van der Waals surface area contributed by atoms with E-state index in [0.29, 0.717) is 28.2 Å². The van der Waals surface area contributed by atoms with Crippen molar-refractivity contribution >= 4 is 29.1 Å². The second-order valence-corrected chi connectivity index (χ2v) is 5.43. The number of rotatable bonds is 1. The molecule has 1 aliphatic heterocycles. The lowest BCUT2D eigenvalue weighted by Gasteiger charge is -2.23. The molecule has 0 aliphatic carbocycles. The molecule has 18 heavy (non-hydrogen) atoms. The predicted octanol–water partition coefficient (Wildman–Crippen LogP) is 2.82. The van der Waals surface area contributed by atoms with E-state index in [0.717, 1.165) is 19.5 Å². The molecule has 3 nitrogen and oxygen atoms in total. The number of hydrogen-bond acceptors (Lipinski definition) is 2. The Labute approximate surface area is 117 Å². The molecule has 0 saturated carbocycles. The molecule has 1 fully saturated rings. The van der Waals surface area contributed by atoms with E-state index in [2.05, 4.69) is 12.2 Å². The molecule has 1 aromatic carbocycles. The van der Waals surface area contributed by atoms with Gasteiger partial charge >= 0.3 is 0 Å². The van der Waals surface area contributed by atoms with Crippen LogP contribution in [0.5, 0.6) is 0 Å². The summed E-state index contributed by atoms with van der Waals surface area (Å²) in [5, 5.41) is 4.34. The van der Waals surface area contributed by atoms with E-state index in [1.165, 1.54) is 0 Å². The highest BCUT2D eigenvalue weighted by Gasteiger charge is 2.22. The molecule has 5 heteroatoms. The molecule has 1 unspecified atom stereocenters. The van der Waals surface area contributed by atoms with Crippen LogP contribution in [0.1, 0.15) is 23.7 Å². The first kappa shape index (κ1) is 13.7. The van der Waals surface area contributed by atoms with E-state index in [4.69, 9.17) is 23.2 Å². The van der Waals surface area contributed by atoms with Crippen molar-refractivity contribution in [3.63, 3.8) is 0 Å². The highest BCUT2D eigenvalue weighted by atomic mass is 35.5. The van der Waals surface area contributed by atoms with Gasteiger partial charge in [-0.3, -0.25) is 4.79 Å². The van der Waals surface area contributed by atoms with Gasteiger partial charge in [0, 0.05) is 24.2 Å². The average Bonchev–Trinajstić information content (AvgIpc) is 2.56. The third-order valence-corrected chi connectivity index (χ3v) is 3.60. The molecule has 0 aromatic heterocycles. The lowest BCUT2D eigenvalue weighted by molar-refractivity contribution is 0.0755. The van der Waals surface area contributed by atoms with Crippen LogP contribution < -0.4 is 5.32 Å². The SMILES string of the molecule is CC1CN(C(=O)c2cc(Cl)ccc2Cl)CCCN1. The average molecular weight is 287 g/mol. The Morgan fingerprint density at radius 3 is 3.00 bits per heavy atom. The molecule has 0 bridgehead atoms. The number of nitrogens with one attached hydrogen (secondary N) is 1. The number of carbonyl (C=O) groups is 1. The minimum Gasteiger partial charge on any atom is -0.337 e. The fraction of sp³-hybridized carbons (Fsp3) is 0.462. The summed E-state index contributed by atoms with van der Waals surface area (Å²) in [5.74, 6) is -0.0435. The lowest BCUT2D eigenvalue weighted by Crippen LogP contribution is -2.39. The number of halogens is 2. The summed E-state index contributed by atoms with van der Waals surface area (Å²) in [4.78, 5) is 14.3. The maximum Gasteiger partial charge on any atom is 0.255 e. The van der Waals surface area contributed by atoms with Gasteiger partial charge in [0.2, 0.25) is 0 Å². The first-order chi connectivity index (χ1) is 8.58. The van der Waals surface area contributed by atoms with Crippen LogP contribution in [-0.4, -0.2) is 36.5 Å². The molecule has 1 heterocycles. The van der Waals surface area contributed by atoms with Gasteiger partial charge in [0.15, 0.2) is 0 Å². The summed E-state index contributed by atoms with van der Waals surface area (Å²) in [6, 6.07) is 5.29. The summed E-state index contributed by atoms with van der Waals surface area (Å²) in [5.41, 5.74) is 0.485. The molecular formula is C13H16Cl2N2O. The fourth-order valence-corrected chi connectivity index (χ4v) is 2.49. The Morgan fingerprint density at radius 2 is 2.22 bits per heavy atom. The molecule has 98 valence electrons. The van der Waals surface area contributed by atoms with Gasteiger partial charge in [-0.05, 0) is 38.1 Å². The van der Waals surface area contributed by atoms with E-state index >= 15 is 0 Å². The maximum absolute atomic E-state index is 12.4. The van der Waals surface area contributed by atoms with Crippen molar-refractivity contribution in [2.75, 3.05) is 19.6 Å². The van der Waals surface area contributed by atoms with Gasteiger partial charge in [-0.25, -0.2) is 0 Å². The second kappa shape index (κ2) is 5.91. The van der Waals surface area contributed by atoms with Crippen LogP contribution in [-0.2, 0) is 0 Å². The molecule has 0 spiro atoms. The largest absolute Gasteiger partial charge is 0.337 e. The topological polar surface area (TPSA) is 32.3 Å². The van der Waals surface area contributed by atoms with Gasteiger partial charge in [-0.2, -0.15) is 0 Å². The molecular weight excluding hydrogens is 271 g/mol. The summed E-state index contributed by atoms with van der Waals surface area (Å²) >= 11 is 12.0. The van der Waals surface area contributed by atoms with Crippen molar-refractivity contribution in [3.05, 3.63) is 33.8 Å². The van der Waals surface area contributed by atoms with Crippen LogP contribution in [0.25, 0.3) is 0 Å². The van der Waals surface area contributed by atoms with Crippen LogP contribution in [0.2, 0.25) is 10.0 Å². The molecule has 1 atom stereocenters. The van der Waals surface area contributed by atoms with Crippen LogP contribution in [0.3, 0.4) is 0 Å². The van der Waals surface area contributed by atoms with Crippen LogP contribution >= 0.6 is 23.2 Å². The minimum atomic E-state index is -0.0435. The van der Waals surface area contributed by atoms with Crippen molar-refractivity contribution in [1.29, 1.82) is 0 Å². The quantitative estimate of drug-likeness (QED) is 0.861. The maximum atomic E-state index is 12.4. The number of amides is 1. The van der Waals surface area contributed by atoms with E-state index in [9.17, 15) is 4.79 Å². The Kier molecular flexibility index (Phi) is 4.49. The monoisotopic (exact) mass is 286 g/mol. The molecule has 2 rings (SSSR count). The van der Waals surface area contributed by atoms with E-state index in [-0.39, 0.29) is 5.91 Å². The van der Waals surface area contributed by atoms with Gasteiger partial charge in [0.1, 0.15) is 0 Å². The number of benzene rings is 1. The van der Waals surface area contributed by atoms with Gasteiger partial charge in [-0.1, -0.05) is 23.2 Å². The van der Waals surface area contributed by atoms with Crippen LogP contribution in [0.15, 0.2) is 18.2 Å². The summed E-state index contributed by atoms with van der Waals surface area (Å²) in [6.07, 6.45) is 0.953. The normalized spacial score (nSPS) is 20.6. The fourth-order valence-electron chi connectivity index (χ4n) is 2.12. The minimum absolute atomic E-state index is 0.0435. The number of nitrogens with zero attached hydrogens (tertiary/aromatic N) is 1. The predicted molar refractivity (Wildman–Crippen MR) is 74.4 cm³/mol. The lowest BCUT2D eigenvalue weighted by atomic mass is 10.2. The zero-order valence-corrected chi connectivity index (χ0v) is 11.8. The number of hydrogen-bond donors (Lipinski definition) is 1. The summed E-state index contributed by atoms with van der Waals surface area (Å²) in [6.45, 7) is 4.46. The molecule has 1 aromatic rings. The first-order valence-electron chi connectivity index (χ1n) is 6.05. The van der Waals surface area contributed by atoms with Crippen molar-refractivity contribution < 1.29 is 4.79 Å². The second-order valence-electron chi connectivity index (χ2n) is 4.58. The highest BCUT2D eigenvalue weighted by molar-refractivity contribution is 6.35. The summed E-state index contributed by atoms with van der Waals surface area (Å²) in [7, 11) is 0. The van der Waals surface area contributed by atoms with Gasteiger partial charge in [0.05, 0.1) is 10.6 Å². The Morgan fingerprint density at radius 1 is 1.44 bits per heavy atom. The third kappa shape index (κ3) is 3.16. The van der Waals surface area contributed by atoms with E-state index < -0.39 is 0 Å². The zero-order chi connectivity index (χ0) is 13.1. The van der Waals surface area contributed by atoms with Gasteiger partial charge in [-0.15, -0.1) is 0 Å². The molecule has 1 saturated heterocycles. The van der Waals surface area contributed by atoms with Crippen LogP contribution in [0, 0.1) is 0 Å². The first-order valence-corrected chi connectivity index (χ1v) is 6.81. The Hall–Kier alpha value is -0.770. The van der Waals surface area contributed by atoms with Crippen LogP contribution in [0.4, 0.5) is 0 Å². The van der Waals surface area contributed by atoms with Gasteiger partial charge < -0.3 is 10.2 Å². The standard InChI is InChI=1S/C13H16Cl2N2O/c1-9-8-17(6-2-5-16-9)13(18)11-7-10(14)3-4-12(11)15/h3-4,7,9,16H,2,5-6,8H2,1H3. The van der Waals surface area contributed by atoms with Crippen molar-refractivity contribution in [1.82, 2.24) is 10.2 Å². The van der Waals surface area contributed by atoms with Crippen molar-refractivity contribution in [2.45, 2.75) is 19.4 Å². The Balaban J connectivity index is 2.21. The third-order valence-electron chi connectivity index (χ3n) is 3.04. The van der Waals surface area contributed by atoms with E-state index in [1.807, 2.05) is 4.90 Å². The molecule has 1 amide bonds. The summed E-state index contributed by atoms with van der Waals surface area (Å²) < 4.78 is 0. The molecule has 1 aliphatic rings. The van der Waals surface area contributed by atoms with Crippen molar-refractivity contribution in [3.8, 4) is 0 Å². The highest BCUT2D eigenvalue weighted by Crippen LogP contribution is 2.22. The molecule has 1 N–H and O–H groups in total. The smallest absolute Gasteiger partial charge is 0.255 e.